The largest absolute Gasteiger partial charge is 0.481 e. The van der Waals surface area contributed by atoms with Gasteiger partial charge < -0.3 is 19.4 Å². The van der Waals surface area contributed by atoms with Crippen molar-refractivity contribution in [1.82, 2.24) is 19.9 Å². The third kappa shape index (κ3) is 3.76. The second-order valence-corrected chi connectivity index (χ2v) is 6.91. The molecule has 9 nitrogen and oxygen atoms in total. The number of nitrogens with zero attached hydrogens (tertiary/aromatic N) is 4. The summed E-state index contributed by atoms with van der Waals surface area (Å²) in [5, 5.41) is 13.5. The van der Waals surface area contributed by atoms with Crippen molar-refractivity contribution in [1.29, 1.82) is 0 Å². The number of hydrogen-bond donors (Lipinski definition) is 1. The SMILES string of the molecule is Cc1cc(C(=O)N(C)CC(=O)N2CCC(C(=O)O)CC2)c2c(C)noc2n1. The summed E-state index contributed by atoms with van der Waals surface area (Å²) in [6.07, 6.45) is 0.867. The van der Waals surface area contributed by atoms with E-state index in [2.05, 4.69) is 10.1 Å². The van der Waals surface area contributed by atoms with Crippen LogP contribution < -0.4 is 0 Å². The molecular formula is C18H22N4O5. The number of likely N-dealkylation sites (tertiary alicyclic amines) is 1. The molecule has 3 rings (SSSR count). The summed E-state index contributed by atoms with van der Waals surface area (Å²) in [7, 11) is 1.56. The highest BCUT2D eigenvalue weighted by Crippen LogP contribution is 2.23. The molecule has 0 aliphatic carbocycles. The maximum atomic E-state index is 12.9. The number of rotatable bonds is 4. The van der Waals surface area contributed by atoms with Crippen LogP contribution in [-0.4, -0.2) is 69.5 Å². The van der Waals surface area contributed by atoms with Crippen molar-refractivity contribution in [3.05, 3.63) is 23.0 Å². The van der Waals surface area contributed by atoms with E-state index in [-0.39, 0.29) is 18.4 Å². The lowest BCUT2D eigenvalue weighted by Gasteiger charge is -2.31. The van der Waals surface area contributed by atoms with E-state index < -0.39 is 11.9 Å². The fourth-order valence-corrected chi connectivity index (χ4v) is 3.34. The molecule has 0 spiro atoms. The molecule has 9 heteroatoms. The van der Waals surface area contributed by atoms with Crippen LogP contribution in [0.4, 0.5) is 0 Å². The summed E-state index contributed by atoms with van der Waals surface area (Å²) in [4.78, 5) is 43.6. The van der Waals surface area contributed by atoms with E-state index in [4.69, 9.17) is 9.63 Å². The number of hydrogen-bond acceptors (Lipinski definition) is 6. The van der Waals surface area contributed by atoms with Crippen molar-refractivity contribution >= 4 is 28.9 Å². The molecule has 2 aromatic rings. The standard InChI is InChI=1S/C18H22N4O5/c1-10-8-13(15-11(2)20-27-16(15)19-10)17(24)21(3)9-14(23)22-6-4-12(5-7-22)18(25)26/h8,12H,4-7,9H2,1-3H3,(H,25,26). The number of carboxylic acid groups (broad SMARTS) is 1. The summed E-state index contributed by atoms with van der Waals surface area (Å²) in [5.41, 5.74) is 1.89. The van der Waals surface area contributed by atoms with Crippen LogP contribution in [0.5, 0.6) is 0 Å². The van der Waals surface area contributed by atoms with Crippen LogP contribution in [0.3, 0.4) is 0 Å². The predicted molar refractivity (Wildman–Crippen MR) is 95.2 cm³/mol. The second-order valence-electron chi connectivity index (χ2n) is 6.91. The average Bonchev–Trinajstić information content (AvgIpc) is 3.01. The van der Waals surface area contributed by atoms with Gasteiger partial charge in [0.1, 0.15) is 0 Å². The monoisotopic (exact) mass is 374 g/mol. The molecule has 3 heterocycles. The van der Waals surface area contributed by atoms with Gasteiger partial charge in [-0.15, -0.1) is 0 Å². The van der Waals surface area contributed by atoms with Crippen molar-refractivity contribution in [3.8, 4) is 0 Å². The normalized spacial score (nSPS) is 15.1. The minimum atomic E-state index is -0.824. The summed E-state index contributed by atoms with van der Waals surface area (Å²) in [5.74, 6) is -1.74. The van der Waals surface area contributed by atoms with Gasteiger partial charge in [0.15, 0.2) is 0 Å². The first-order chi connectivity index (χ1) is 12.8. The van der Waals surface area contributed by atoms with Gasteiger partial charge in [0, 0.05) is 25.8 Å². The van der Waals surface area contributed by atoms with Crippen molar-refractivity contribution in [2.24, 2.45) is 5.92 Å². The van der Waals surface area contributed by atoms with E-state index in [1.165, 1.54) is 4.90 Å². The van der Waals surface area contributed by atoms with E-state index in [9.17, 15) is 14.4 Å². The van der Waals surface area contributed by atoms with E-state index in [1.54, 1.807) is 31.9 Å². The zero-order valence-corrected chi connectivity index (χ0v) is 15.6. The third-order valence-corrected chi connectivity index (χ3v) is 4.89. The molecule has 0 bridgehead atoms. The molecule has 2 aromatic heterocycles. The van der Waals surface area contributed by atoms with E-state index in [1.807, 2.05) is 0 Å². The Morgan fingerprint density at radius 3 is 2.59 bits per heavy atom. The second kappa shape index (κ2) is 7.34. The molecule has 1 aliphatic heterocycles. The molecule has 144 valence electrons. The number of carbonyl (C=O) groups excluding carboxylic acids is 2. The highest BCUT2D eigenvalue weighted by atomic mass is 16.5. The molecule has 1 fully saturated rings. The van der Waals surface area contributed by atoms with Crippen LogP contribution in [0, 0.1) is 19.8 Å². The summed E-state index contributed by atoms with van der Waals surface area (Å²) in [6, 6.07) is 1.66. The molecule has 0 aromatic carbocycles. The Balaban J connectivity index is 1.71. The number of pyridine rings is 1. The maximum Gasteiger partial charge on any atom is 0.306 e. The van der Waals surface area contributed by atoms with Crippen LogP contribution in [0.1, 0.15) is 34.6 Å². The van der Waals surface area contributed by atoms with Gasteiger partial charge in [-0.25, -0.2) is 4.98 Å². The first kappa shape index (κ1) is 18.8. The molecule has 1 saturated heterocycles. The Kier molecular flexibility index (Phi) is 5.11. The summed E-state index contributed by atoms with van der Waals surface area (Å²) >= 11 is 0. The number of aryl methyl sites for hydroxylation is 2. The van der Waals surface area contributed by atoms with E-state index >= 15 is 0 Å². The van der Waals surface area contributed by atoms with Crippen LogP contribution >= 0.6 is 0 Å². The minimum absolute atomic E-state index is 0.0796. The van der Waals surface area contributed by atoms with Crippen molar-refractivity contribution in [2.75, 3.05) is 26.7 Å². The van der Waals surface area contributed by atoms with Crippen molar-refractivity contribution < 1.29 is 24.0 Å². The van der Waals surface area contributed by atoms with E-state index in [0.717, 1.165) is 0 Å². The molecule has 1 N–H and O–H groups in total. The number of aliphatic carboxylic acids is 1. The van der Waals surface area contributed by atoms with Gasteiger partial charge in [-0.05, 0) is 32.8 Å². The molecule has 0 unspecified atom stereocenters. The first-order valence-corrected chi connectivity index (χ1v) is 8.77. The fourth-order valence-electron chi connectivity index (χ4n) is 3.34. The van der Waals surface area contributed by atoms with Crippen LogP contribution in [0.2, 0.25) is 0 Å². The van der Waals surface area contributed by atoms with Crippen molar-refractivity contribution in [3.63, 3.8) is 0 Å². The Morgan fingerprint density at radius 2 is 1.96 bits per heavy atom. The Morgan fingerprint density at radius 1 is 1.30 bits per heavy atom. The van der Waals surface area contributed by atoms with Gasteiger partial charge in [-0.3, -0.25) is 14.4 Å². The lowest BCUT2D eigenvalue weighted by atomic mass is 9.97. The topological polar surface area (TPSA) is 117 Å². The lowest BCUT2D eigenvalue weighted by Crippen LogP contribution is -2.45. The van der Waals surface area contributed by atoms with Gasteiger partial charge >= 0.3 is 5.97 Å². The van der Waals surface area contributed by atoms with Crippen molar-refractivity contribution in [2.45, 2.75) is 26.7 Å². The quantitative estimate of drug-likeness (QED) is 0.855. The Labute approximate surface area is 155 Å². The van der Waals surface area contributed by atoms with Crippen LogP contribution in [0.15, 0.2) is 10.6 Å². The Hall–Kier alpha value is -2.97. The van der Waals surface area contributed by atoms with Gasteiger partial charge in [0.25, 0.3) is 11.6 Å². The number of likely N-dealkylation sites (N-methyl/N-ethyl adjacent to an activating group) is 1. The molecule has 0 radical (unpaired) electrons. The van der Waals surface area contributed by atoms with Gasteiger partial charge in [-0.2, -0.15) is 0 Å². The number of aromatic nitrogens is 2. The number of amides is 2. The zero-order valence-electron chi connectivity index (χ0n) is 15.6. The van der Waals surface area contributed by atoms with Gasteiger partial charge in [0.2, 0.25) is 5.91 Å². The average molecular weight is 374 g/mol. The smallest absolute Gasteiger partial charge is 0.306 e. The summed E-state index contributed by atoms with van der Waals surface area (Å²) < 4.78 is 5.15. The highest BCUT2D eigenvalue weighted by Gasteiger charge is 2.28. The number of piperidine rings is 1. The molecule has 27 heavy (non-hydrogen) atoms. The number of carbonyl (C=O) groups is 3. The summed E-state index contributed by atoms with van der Waals surface area (Å²) in [6.45, 7) is 4.19. The van der Waals surface area contributed by atoms with Crippen LogP contribution in [-0.2, 0) is 9.59 Å². The fraction of sp³-hybridized carbons (Fsp3) is 0.500. The van der Waals surface area contributed by atoms with E-state index in [0.29, 0.717) is 54.0 Å². The number of fused-ring (bicyclic) bond motifs is 1. The van der Waals surface area contributed by atoms with Crippen LogP contribution in [0.25, 0.3) is 11.1 Å². The molecule has 1 aliphatic rings. The molecule has 2 amide bonds. The molecular weight excluding hydrogens is 352 g/mol. The number of carboxylic acids is 1. The van der Waals surface area contributed by atoms with Gasteiger partial charge in [0.05, 0.1) is 29.1 Å². The predicted octanol–water partition coefficient (Wildman–Crippen LogP) is 1.23. The molecule has 0 saturated carbocycles. The highest BCUT2D eigenvalue weighted by molar-refractivity contribution is 6.06. The lowest BCUT2D eigenvalue weighted by molar-refractivity contribution is -0.145. The molecule has 0 atom stereocenters. The Bertz CT molecular complexity index is 899. The maximum absolute atomic E-state index is 12.9. The third-order valence-electron chi connectivity index (χ3n) is 4.89. The zero-order chi connectivity index (χ0) is 19.7. The minimum Gasteiger partial charge on any atom is -0.481 e. The van der Waals surface area contributed by atoms with Gasteiger partial charge in [-0.1, -0.05) is 5.16 Å². The first-order valence-electron chi connectivity index (χ1n) is 8.77.